The molecule has 0 bridgehead atoms. The number of carboxylic acid groups (broad SMARTS) is 1. The van der Waals surface area contributed by atoms with Gasteiger partial charge in [-0.3, -0.25) is 9.59 Å². The van der Waals surface area contributed by atoms with Crippen molar-refractivity contribution in [3.63, 3.8) is 0 Å². The van der Waals surface area contributed by atoms with Crippen LogP contribution in [0.3, 0.4) is 0 Å². The van der Waals surface area contributed by atoms with Crippen LogP contribution < -0.4 is 4.74 Å². The molecule has 0 aliphatic heterocycles. The van der Waals surface area contributed by atoms with Crippen LogP contribution in [-0.4, -0.2) is 52.8 Å². The van der Waals surface area contributed by atoms with Crippen LogP contribution in [0, 0.1) is 0 Å². The molecule has 0 fully saturated rings. The Morgan fingerprint density at radius 2 is 1.90 bits per heavy atom. The van der Waals surface area contributed by atoms with Crippen LogP contribution in [0.2, 0.25) is 0 Å². The molecule has 1 N–H and O–H groups in total. The number of hydrogen-bond donors (Lipinski definition) is 1. The summed E-state index contributed by atoms with van der Waals surface area (Å²) in [7, 11) is 1.69. The first-order valence-corrected chi connectivity index (χ1v) is 11.3. The minimum absolute atomic E-state index is 0.190. The molecule has 1 atom stereocenters. The number of ether oxygens (including phenoxy) is 1. The lowest BCUT2D eigenvalue weighted by Crippen LogP contribution is -2.35. The summed E-state index contributed by atoms with van der Waals surface area (Å²) in [5, 5.41) is 8.20. The fourth-order valence-electron chi connectivity index (χ4n) is 2.63. The van der Waals surface area contributed by atoms with E-state index in [4.69, 9.17) is 9.84 Å². The number of hydrogen-bond acceptors (Lipinski definition) is 5. The molecular formula is C21H23BrClNO5S. The molecule has 0 aliphatic rings. The highest BCUT2D eigenvalue weighted by Gasteiger charge is 2.25. The van der Waals surface area contributed by atoms with E-state index in [2.05, 4.69) is 27.5 Å². The average Bonchev–Trinajstić information content (AvgIpc) is 2.74. The molecule has 0 spiro atoms. The van der Waals surface area contributed by atoms with Gasteiger partial charge in [0, 0.05) is 24.4 Å². The number of thioether (sulfide) groups is 1. The summed E-state index contributed by atoms with van der Waals surface area (Å²) in [5.41, 5.74) is 2.28. The molecule has 6 nitrogen and oxygen atoms in total. The van der Waals surface area contributed by atoms with E-state index in [1.54, 1.807) is 30.1 Å². The lowest BCUT2D eigenvalue weighted by Gasteiger charge is -2.23. The van der Waals surface area contributed by atoms with Crippen molar-refractivity contribution in [3.05, 3.63) is 64.1 Å². The number of carboxylic acids is 1. The van der Waals surface area contributed by atoms with Crippen molar-refractivity contribution in [2.75, 3.05) is 20.0 Å². The number of nitrogens with zero attached hydrogens (tertiary/aromatic N) is 1. The fraction of sp³-hybridized carbons (Fsp3) is 0.286. The largest absolute Gasteiger partial charge is 0.482 e. The standard InChI is InChI=1S/C20H20BrNO5S.CH3Cl/c1-22(11-14-5-3-2-4-6-14)20(26)18(28-13-23)10-15-9-16(21)7-8-17(15)27-12-19(24)25;1-2/h2-9,13,18H,10-12H2,1H3,(H,24,25);1H3. The molecular weight excluding hydrogens is 494 g/mol. The molecule has 30 heavy (non-hydrogen) atoms. The second-order valence-corrected chi connectivity index (χ2v) is 7.99. The Morgan fingerprint density at radius 1 is 1.23 bits per heavy atom. The summed E-state index contributed by atoms with van der Waals surface area (Å²) in [4.78, 5) is 36.4. The summed E-state index contributed by atoms with van der Waals surface area (Å²) in [5.74, 6) is -0.905. The maximum Gasteiger partial charge on any atom is 0.341 e. The van der Waals surface area contributed by atoms with E-state index >= 15 is 0 Å². The first kappa shape index (κ1) is 26.0. The van der Waals surface area contributed by atoms with Gasteiger partial charge in [-0.25, -0.2) is 4.79 Å². The molecule has 1 amide bonds. The van der Waals surface area contributed by atoms with Crippen LogP contribution in [-0.2, 0) is 27.3 Å². The van der Waals surface area contributed by atoms with Crippen LogP contribution >= 0.6 is 39.3 Å². The highest BCUT2D eigenvalue weighted by Crippen LogP contribution is 2.28. The van der Waals surface area contributed by atoms with Crippen molar-refractivity contribution < 1.29 is 24.2 Å². The number of rotatable bonds is 10. The maximum atomic E-state index is 12.9. The minimum Gasteiger partial charge on any atom is -0.482 e. The van der Waals surface area contributed by atoms with Crippen LogP contribution in [0.25, 0.3) is 0 Å². The van der Waals surface area contributed by atoms with Crippen molar-refractivity contribution in [1.82, 2.24) is 4.90 Å². The Hall–Kier alpha value is -2.03. The number of alkyl halides is 1. The van der Waals surface area contributed by atoms with Crippen molar-refractivity contribution in [3.8, 4) is 5.75 Å². The lowest BCUT2D eigenvalue weighted by molar-refractivity contribution is -0.139. The zero-order chi connectivity index (χ0) is 22.5. The Kier molecular flexibility index (Phi) is 12.2. The molecule has 2 aromatic carbocycles. The first-order valence-electron chi connectivity index (χ1n) is 8.79. The third-order valence-corrected chi connectivity index (χ3v) is 5.21. The first-order chi connectivity index (χ1) is 14.4. The lowest BCUT2D eigenvalue weighted by atomic mass is 10.1. The topological polar surface area (TPSA) is 83.9 Å². The SMILES string of the molecule is CCl.CN(Cc1ccccc1)C(=O)C(Cc1cc(Br)ccc1OCC(=O)O)SC=O. The zero-order valence-corrected chi connectivity index (χ0v) is 19.7. The van der Waals surface area contributed by atoms with Gasteiger partial charge in [-0.2, -0.15) is 0 Å². The van der Waals surface area contributed by atoms with Gasteiger partial charge in [-0.05, 0) is 35.7 Å². The Balaban J connectivity index is 0.00000218. The molecule has 0 saturated carbocycles. The zero-order valence-electron chi connectivity index (χ0n) is 16.6. The van der Waals surface area contributed by atoms with E-state index in [1.165, 1.54) is 6.38 Å². The maximum absolute atomic E-state index is 12.9. The number of carbonyl (C=O) groups excluding carboxylic acids is 2. The van der Waals surface area contributed by atoms with Gasteiger partial charge in [0.05, 0.1) is 5.25 Å². The smallest absolute Gasteiger partial charge is 0.341 e. The van der Waals surface area contributed by atoms with Crippen molar-refractivity contribution in [1.29, 1.82) is 0 Å². The van der Waals surface area contributed by atoms with Crippen LogP contribution in [0.4, 0.5) is 0 Å². The van der Waals surface area contributed by atoms with E-state index in [1.807, 2.05) is 30.3 Å². The summed E-state index contributed by atoms with van der Waals surface area (Å²) >= 11 is 8.91. The summed E-state index contributed by atoms with van der Waals surface area (Å²) in [6, 6.07) is 14.7. The third-order valence-electron chi connectivity index (χ3n) is 3.91. The van der Waals surface area contributed by atoms with E-state index in [0.717, 1.165) is 21.8 Å². The molecule has 0 heterocycles. The number of carbonyl (C=O) groups is 3. The highest BCUT2D eigenvalue weighted by molar-refractivity contribution is 9.10. The molecule has 0 aliphatic carbocycles. The van der Waals surface area contributed by atoms with Gasteiger partial charge in [-0.15, -0.1) is 11.6 Å². The molecule has 0 radical (unpaired) electrons. The predicted octanol–water partition coefficient (Wildman–Crippen LogP) is 4.26. The fourth-order valence-corrected chi connectivity index (χ4v) is 3.74. The van der Waals surface area contributed by atoms with E-state index in [0.29, 0.717) is 23.5 Å². The van der Waals surface area contributed by atoms with Crippen molar-refractivity contribution >= 4 is 56.8 Å². The second-order valence-electron chi connectivity index (χ2n) is 6.04. The molecule has 162 valence electrons. The number of amides is 1. The van der Waals surface area contributed by atoms with Crippen molar-refractivity contribution in [2.24, 2.45) is 0 Å². The monoisotopic (exact) mass is 515 g/mol. The number of halogens is 2. The van der Waals surface area contributed by atoms with E-state index in [9.17, 15) is 14.4 Å². The highest BCUT2D eigenvalue weighted by atomic mass is 79.9. The summed E-state index contributed by atoms with van der Waals surface area (Å²) in [6.07, 6.45) is 1.70. The minimum atomic E-state index is -1.09. The van der Waals surface area contributed by atoms with Gasteiger partial charge in [-0.1, -0.05) is 58.0 Å². The van der Waals surface area contributed by atoms with Gasteiger partial charge in [0.25, 0.3) is 0 Å². The van der Waals surface area contributed by atoms with E-state index < -0.39 is 17.8 Å². The van der Waals surface area contributed by atoms with Crippen LogP contribution in [0.15, 0.2) is 53.0 Å². The molecule has 2 aromatic rings. The Morgan fingerprint density at radius 3 is 2.50 bits per heavy atom. The van der Waals surface area contributed by atoms with Gasteiger partial charge >= 0.3 is 5.97 Å². The normalized spacial score (nSPS) is 10.9. The quantitative estimate of drug-likeness (QED) is 0.375. The Bertz CT molecular complexity index is 837. The molecule has 9 heteroatoms. The van der Waals surface area contributed by atoms with Gasteiger partial charge in [0.2, 0.25) is 5.91 Å². The molecule has 1 unspecified atom stereocenters. The molecule has 2 rings (SSSR count). The van der Waals surface area contributed by atoms with Crippen LogP contribution in [0.1, 0.15) is 11.1 Å². The number of aliphatic carboxylic acids is 1. The predicted molar refractivity (Wildman–Crippen MR) is 124 cm³/mol. The van der Waals surface area contributed by atoms with Gasteiger partial charge in [0.1, 0.15) is 5.75 Å². The van der Waals surface area contributed by atoms with Gasteiger partial charge in [0.15, 0.2) is 12.2 Å². The van der Waals surface area contributed by atoms with E-state index in [-0.39, 0.29) is 12.3 Å². The average molecular weight is 517 g/mol. The Labute approximate surface area is 193 Å². The van der Waals surface area contributed by atoms with Gasteiger partial charge < -0.3 is 14.7 Å². The second kappa shape index (κ2) is 14.1. The molecule has 0 saturated heterocycles. The van der Waals surface area contributed by atoms with Crippen LogP contribution in [0.5, 0.6) is 5.75 Å². The summed E-state index contributed by atoms with van der Waals surface area (Å²) in [6.45, 7) is -0.0571. The molecule has 0 aromatic heterocycles. The number of benzene rings is 2. The third kappa shape index (κ3) is 8.77. The van der Waals surface area contributed by atoms with Crippen molar-refractivity contribution in [2.45, 2.75) is 18.2 Å². The summed E-state index contributed by atoms with van der Waals surface area (Å²) < 4.78 is 6.09.